The van der Waals surface area contributed by atoms with Gasteiger partial charge in [0.25, 0.3) is 0 Å². The highest BCUT2D eigenvalue weighted by molar-refractivity contribution is 5.71. The minimum Gasteiger partial charge on any atom is -0.494 e. The zero-order chi connectivity index (χ0) is 21.2. The van der Waals surface area contributed by atoms with Gasteiger partial charge in [0.1, 0.15) is 5.75 Å². The molecule has 0 radical (unpaired) electrons. The second-order valence-electron chi connectivity index (χ2n) is 8.93. The summed E-state index contributed by atoms with van der Waals surface area (Å²) in [5.41, 5.74) is 5.47. The van der Waals surface area contributed by atoms with E-state index in [2.05, 4.69) is 75.4 Å². The van der Waals surface area contributed by atoms with Gasteiger partial charge in [0.2, 0.25) is 0 Å². The highest BCUT2D eigenvalue weighted by atomic mass is 16.5. The van der Waals surface area contributed by atoms with Crippen LogP contribution in [0.5, 0.6) is 5.75 Å². The molecule has 1 atom stereocenters. The van der Waals surface area contributed by atoms with Gasteiger partial charge in [-0.2, -0.15) is 0 Å². The molecule has 0 amide bonds. The molecule has 1 unspecified atom stereocenters. The third-order valence-corrected chi connectivity index (χ3v) is 6.87. The molecule has 3 rings (SSSR count). The Bertz CT molecular complexity index is 765. The van der Waals surface area contributed by atoms with E-state index in [-0.39, 0.29) is 0 Å². The van der Waals surface area contributed by atoms with Gasteiger partial charge < -0.3 is 4.74 Å². The van der Waals surface area contributed by atoms with Crippen LogP contribution in [-0.4, -0.2) is 6.61 Å². The first-order valence-corrected chi connectivity index (χ1v) is 12.3. The van der Waals surface area contributed by atoms with E-state index in [0.29, 0.717) is 0 Å². The molecule has 30 heavy (non-hydrogen) atoms. The SMILES string of the molecule is CCCCOc1ccc(-c2ccc(C3=CCC(CCC(CC)CC)CC3)cc2)cc1. The van der Waals surface area contributed by atoms with Crippen molar-refractivity contribution >= 4 is 5.57 Å². The molecule has 0 N–H and O–H groups in total. The Morgan fingerprint density at radius 3 is 2.07 bits per heavy atom. The van der Waals surface area contributed by atoms with Crippen molar-refractivity contribution in [3.05, 3.63) is 60.2 Å². The maximum Gasteiger partial charge on any atom is 0.119 e. The predicted molar refractivity (Wildman–Crippen MR) is 131 cm³/mol. The lowest BCUT2D eigenvalue weighted by Crippen LogP contribution is -2.08. The Kier molecular flexibility index (Phi) is 9.05. The molecule has 0 saturated carbocycles. The number of allylic oxidation sites excluding steroid dienone is 2. The summed E-state index contributed by atoms with van der Waals surface area (Å²) in [4.78, 5) is 0. The van der Waals surface area contributed by atoms with Crippen molar-refractivity contribution < 1.29 is 4.74 Å². The molecule has 2 aromatic rings. The maximum absolute atomic E-state index is 5.78. The summed E-state index contributed by atoms with van der Waals surface area (Å²) in [6.45, 7) is 7.67. The van der Waals surface area contributed by atoms with Crippen molar-refractivity contribution in [3.8, 4) is 16.9 Å². The van der Waals surface area contributed by atoms with Gasteiger partial charge in [-0.25, -0.2) is 0 Å². The van der Waals surface area contributed by atoms with E-state index in [4.69, 9.17) is 4.74 Å². The van der Waals surface area contributed by atoms with Crippen molar-refractivity contribution in [3.63, 3.8) is 0 Å². The van der Waals surface area contributed by atoms with Crippen molar-refractivity contribution in [2.24, 2.45) is 11.8 Å². The Balaban J connectivity index is 1.54. The zero-order valence-electron chi connectivity index (χ0n) is 19.3. The zero-order valence-corrected chi connectivity index (χ0v) is 19.3. The number of ether oxygens (including phenoxy) is 1. The smallest absolute Gasteiger partial charge is 0.119 e. The molecular formula is C29H40O. The topological polar surface area (TPSA) is 9.23 Å². The molecule has 1 nitrogen and oxygen atoms in total. The fraction of sp³-hybridized carbons (Fsp3) is 0.517. The standard InChI is InChI=1S/C29H40O/c1-4-7-22-30-29-20-18-28(19-21-29)27-16-14-26(15-17-27)25-12-10-24(11-13-25)9-8-23(5-2)6-3/h12,14-21,23-24H,4-11,13,22H2,1-3H3. The van der Waals surface area contributed by atoms with Crippen LogP contribution in [0.15, 0.2) is 54.6 Å². The van der Waals surface area contributed by atoms with Gasteiger partial charge in [-0.15, -0.1) is 0 Å². The van der Waals surface area contributed by atoms with E-state index in [0.717, 1.165) is 30.6 Å². The van der Waals surface area contributed by atoms with Crippen molar-refractivity contribution in [2.75, 3.05) is 6.61 Å². The molecule has 0 aromatic heterocycles. The summed E-state index contributed by atoms with van der Waals surface area (Å²) in [6, 6.07) is 17.6. The number of benzene rings is 2. The van der Waals surface area contributed by atoms with Gasteiger partial charge in [0.15, 0.2) is 0 Å². The Hall–Kier alpha value is -2.02. The first kappa shape index (κ1) is 22.7. The summed E-state index contributed by atoms with van der Waals surface area (Å²) in [7, 11) is 0. The molecule has 1 heteroatoms. The van der Waals surface area contributed by atoms with E-state index in [9.17, 15) is 0 Å². The molecule has 0 bridgehead atoms. The Morgan fingerprint density at radius 1 is 0.867 bits per heavy atom. The van der Waals surface area contributed by atoms with Gasteiger partial charge in [0, 0.05) is 0 Å². The molecule has 0 saturated heterocycles. The lowest BCUT2D eigenvalue weighted by Gasteiger charge is -2.24. The van der Waals surface area contributed by atoms with E-state index in [1.54, 1.807) is 5.57 Å². The Morgan fingerprint density at radius 2 is 1.50 bits per heavy atom. The largest absolute Gasteiger partial charge is 0.494 e. The lowest BCUT2D eigenvalue weighted by molar-refractivity contribution is 0.309. The van der Waals surface area contributed by atoms with Gasteiger partial charge in [0.05, 0.1) is 6.61 Å². The second kappa shape index (κ2) is 12.0. The molecular weight excluding hydrogens is 364 g/mol. The maximum atomic E-state index is 5.78. The average molecular weight is 405 g/mol. The van der Waals surface area contributed by atoms with Crippen molar-refractivity contribution in [1.82, 2.24) is 0 Å². The fourth-order valence-electron chi connectivity index (χ4n) is 4.54. The number of hydrogen-bond donors (Lipinski definition) is 0. The fourth-order valence-corrected chi connectivity index (χ4v) is 4.54. The van der Waals surface area contributed by atoms with E-state index in [1.165, 1.54) is 68.1 Å². The van der Waals surface area contributed by atoms with Crippen LogP contribution in [0.1, 0.15) is 84.1 Å². The quantitative estimate of drug-likeness (QED) is 0.340. The first-order valence-electron chi connectivity index (χ1n) is 12.3. The minimum absolute atomic E-state index is 0.804. The lowest BCUT2D eigenvalue weighted by atomic mass is 9.82. The van der Waals surface area contributed by atoms with Gasteiger partial charge in [-0.1, -0.05) is 88.9 Å². The van der Waals surface area contributed by atoms with Gasteiger partial charge >= 0.3 is 0 Å². The molecule has 0 spiro atoms. The first-order chi connectivity index (χ1) is 14.7. The van der Waals surface area contributed by atoms with Crippen LogP contribution in [-0.2, 0) is 0 Å². The number of rotatable bonds is 11. The summed E-state index contributed by atoms with van der Waals surface area (Å²) >= 11 is 0. The van der Waals surface area contributed by atoms with Gasteiger partial charge in [-0.3, -0.25) is 0 Å². The number of hydrogen-bond acceptors (Lipinski definition) is 1. The predicted octanol–water partition coefficient (Wildman–Crippen LogP) is 8.93. The second-order valence-corrected chi connectivity index (χ2v) is 8.93. The van der Waals surface area contributed by atoms with Crippen LogP contribution in [0, 0.1) is 11.8 Å². The van der Waals surface area contributed by atoms with Crippen LogP contribution in [0.3, 0.4) is 0 Å². The van der Waals surface area contributed by atoms with Crippen molar-refractivity contribution in [1.29, 1.82) is 0 Å². The van der Waals surface area contributed by atoms with E-state index < -0.39 is 0 Å². The van der Waals surface area contributed by atoms with Crippen LogP contribution in [0.2, 0.25) is 0 Å². The van der Waals surface area contributed by atoms with Gasteiger partial charge in [-0.05, 0) is 78.3 Å². The highest BCUT2D eigenvalue weighted by Crippen LogP contribution is 2.34. The molecule has 1 aliphatic rings. The molecule has 0 heterocycles. The summed E-state index contributed by atoms with van der Waals surface area (Å²) in [5.74, 6) is 2.79. The van der Waals surface area contributed by atoms with E-state index >= 15 is 0 Å². The average Bonchev–Trinajstić information content (AvgIpc) is 2.81. The minimum atomic E-state index is 0.804. The van der Waals surface area contributed by atoms with Crippen LogP contribution >= 0.6 is 0 Å². The Labute approximate surface area is 184 Å². The van der Waals surface area contributed by atoms with Crippen molar-refractivity contribution in [2.45, 2.75) is 78.6 Å². The normalized spacial score (nSPS) is 16.5. The molecule has 0 aliphatic heterocycles. The van der Waals surface area contributed by atoms with E-state index in [1.807, 2.05) is 0 Å². The third-order valence-electron chi connectivity index (χ3n) is 6.87. The monoisotopic (exact) mass is 404 g/mol. The summed E-state index contributed by atoms with van der Waals surface area (Å²) < 4.78 is 5.78. The van der Waals surface area contributed by atoms with Crippen LogP contribution in [0.25, 0.3) is 16.7 Å². The third kappa shape index (κ3) is 6.49. The summed E-state index contributed by atoms with van der Waals surface area (Å²) in [5, 5.41) is 0. The van der Waals surface area contributed by atoms with Crippen LogP contribution < -0.4 is 4.74 Å². The molecule has 2 aromatic carbocycles. The highest BCUT2D eigenvalue weighted by Gasteiger charge is 2.17. The number of unbranched alkanes of at least 4 members (excludes halogenated alkanes) is 1. The molecule has 1 aliphatic carbocycles. The van der Waals surface area contributed by atoms with Crippen LogP contribution in [0.4, 0.5) is 0 Å². The molecule has 0 fully saturated rings. The molecule has 162 valence electrons. The summed E-state index contributed by atoms with van der Waals surface area (Å²) in [6.07, 6.45) is 14.1.